The van der Waals surface area contributed by atoms with Crippen molar-refractivity contribution in [2.45, 2.75) is 78.1 Å². The molecule has 0 aromatic heterocycles. The summed E-state index contributed by atoms with van der Waals surface area (Å²) in [5.41, 5.74) is 1.48. The van der Waals surface area contributed by atoms with Gasteiger partial charge in [0.2, 0.25) is 0 Å². The summed E-state index contributed by atoms with van der Waals surface area (Å²) in [5, 5.41) is 0. The molecule has 21 heavy (non-hydrogen) atoms. The maximum absolute atomic E-state index is 12.2. The third-order valence-corrected chi connectivity index (χ3v) is 4.14. The molecule has 0 heterocycles. The van der Waals surface area contributed by atoms with Crippen LogP contribution in [0.25, 0.3) is 0 Å². The van der Waals surface area contributed by atoms with Crippen LogP contribution in [0.3, 0.4) is 0 Å². The van der Waals surface area contributed by atoms with Gasteiger partial charge in [-0.15, -0.1) is 0 Å². The maximum Gasteiger partial charge on any atom is 0.316 e. The minimum Gasteiger partial charge on any atom is -0.465 e. The Morgan fingerprint density at radius 1 is 1.14 bits per heavy atom. The Morgan fingerprint density at radius 3 is 2.62 bits per heavy atom. The molecule has 0 aromatic rings. The first-order valence-electron chi connectivity index (χ1n) is 8.50. The van der Waals surface area contributed by atoms with Crippen LogP contribution >= 0.6 is 0 Å². The van der Waals surface area contributed by atoms with Gasteiger partial charge in [0.1, 0.15) is 11.7 Å². The van der Waals surface area contributed by atoms with Crippen molar-refractivity contribution in [2.75, 3.05) is 6.61 Å². The zero-order valence-corrected chi connectivity index (χ0v) is 13.7. The lowest BCUT2D eigenvalue weighted by atomic mass is 9.92. The molecule has 1 aliphatic rings. The minimum atomic E-state index is -0.524. The molecule has 1 rings (SSSR count). The lowest BCUT2D eigenvalue weighted by molar-refractivity contribution is -0.152. The number of Topliss-reactive ketones (excluding diaryl/α,β-unsaturated/α-hetero) is 1. The van der Waals surface area contributed by atoms with Gasteiger partial charge in [-0.25, -0.2) is 0 Å². The van der Waals surface area contributed by atoms with Gasteiger partial charge in [0.05, 0.1) is 6.61 Å². The number of carbonyl (C=O) groups is 2. The smallest absolute Gasteiger partial charge is 0.316 e. The predicted molar refractivity (Wildman–Crippen MR) is 85.1 cm³/mol. The van der Waals surface area contributed by atoms with Crippen LogP contribution in [0.5, 0.6) is 0 Å². The van der Waals surface area contributed by atoms with E-state index < -0.39 is 5.92 Å². The Hall–Kier alpha value is -1.12. The largest absolute Gasteiger partial charge is 0.465 e. The van der Waals surface area contributed by atoms with Gasteiger partial charge in [-0.3, -0.25) is 9.59 Å². The first-order valence-corrected chi connectivity index (χ1v) is 8.50. The van der Waals surface area contributed by atoms with Crippen LogP contribution in [0.2, 0.25) is 0 Å². The van der Waals surface area contributed by atoms with E-state index in [-0.39, 0.29) is 11.8 Å². The molecule has 1 aliphatic carbocycles. The Balaban J connectivity index is 2.58. The zero-order chi connectivity index (χ0) is 15.5. The van der Waals surface area contributed by atoms with Crippen LogP contribution in [0.4, 0.5) is 0 Å². The van der Waals surface area contributed by atoms with E-state index in [0.717, 1.165) is 51.4 Å². The van der Waals surface area contributed by atoms with Gasteiger partial charge in [-0.2, -0.15) is 0 Å². The minimum absolute atomic E-state index is 0.0808. The lowest BCUT2D eigenvalue weighted by Gasteiger charge is -2.15. The summed E-state index contributed by atoms with van der Waals surface area (Å²) in [5.74, 6) is -0.757. The van der Waals surface area contributed by atoms with Gasteiger partial charge in [0.15, 0.2) is 0 Å². The van der Waals surface area contributed by atoms with Gasteiger partial charge in [0.25, 0.3) is 0 Å². The van der Waals surface area contributed by atoms with Gasteiger partial charge in [0, 0.05) is 6.42 Å². The van der Waals surface area contributed by atoms with E-state index in [9.17, 15) is 9.59 Å². The van der Waals surface area contributed by atoms with E-state index >= 15 is 0 Å². The summed E-state index contributed by atoms with van der Waals surface area (Å²) in [6, 6.07) is 0. The summed E-state index contributed by atoms with van der Waals surface area (Å²) in [6.45, 7) is 4.35. The third kappa shape index (κ3) is 7.45. The van der Waals surface area contributed by atoms with Gasteiger partial charge < -0.3 is 4.74 Å². The van der Waals surface area contributed by atoms with Crippen molar-refractivity contribution in [3.63, 3.8) is 0 Å². The first kappa shape index (κ1) is 17.9. The average molecular weight is 294 g/mol. The topological polar surface area (TPSA) is 43.4 Å². The van der Waals surface area contributed by atoms with E-state index in [1.165, 1.54) is 5.57 Å². The summed E-state index contributed by atoms with van der Waals surface area (Å²) >= 11 is 0. The second kappa shape index (κ2) is 10.6. The normalized spacial score (nSPS) is 25.5. The highest BCUT2D eigenvalue weighted by Crippen LogP contribution is 2.19. The number of esters is 1. The van der Waals surface area contributed by atoms with E-state index in [2.05, 4.69) is 13.0 Å². The monoisotopic (exact) mass is 294 g/mol. The van der Waals surface area contributed by atoms with E-state index in [0.29, 0.717) is 19.4 Å². The molecule has 0 saturated carbocycles. The fourth-order valence-corrected chi connectivity index (χ4v) is 2.83. The van der Waals surface area contributed by atoms with Gasteiger partial charge >= 0.3 is 5.97 Å². The van der Waals surface area contributed by atoms with Gasteiger partial charge in [-0.05, 0) is 52.4 Å². The van der Waals surface area contributed by atoms with Crippen molar-refractivity contribution in [2.24, 2.45) is 5.92 Å². The molecular weight excluding hydrogens is 264 g/mol. The molecule has 0 aliphatic heterocycles. The van der Waals surface area contributed by atoms with Crippen molar-refractivity contribution in [1.29, 1.82) is 0 Å². The number of ketones is 1. The van der Waals surface area contributed by atoms with Crippen molar-refractivity contribution in [3.8, 4) is 0 Å². The summed E-state index contributed by atoms with van der Waals surface area (Å²) in [6.07, 6.45) is 12.0. The molecule has 1 unspecified atom stereocenters. The highest BCUT2D eigenvalue weighted by atomic mass is 16.5. The predicted octanol–water partition coefficient (Wildman–Crippen LogP) is 4.60. The molecule has 1 atom stereocenters. The first-order chi connectivity index (χ1) is 10.1. The number of ether oxygens (including phenoxy) is 1. The highest BCUT2D eigenvalue weighted by molar-refractivity contribution is 5.98. The van der Waals surface area contributed by atoms with Crippen LogP contribution in [0.1, 0.15) is 78.1 Å². The lowest BCUT2D eigenvalue weighted by Crippen LogP contribution is -2.26. The Bertz CT molecular complexity index is 357. The molecule has 0 aromatic carbocycles. The van der Waals surface area contributed by atoms with Crippen LogP contribution in [-0.4, -0.2) is 18.4 Å². The standard InChI is InChI=1S/C18H30O3/c1-3-21-18(20)16-13-9-6-8-12-15(2)11-7-4-5-10-14-17(16)19/h11,16H,3-10,12-14H2,1-2H3/b15-11+. The molecule has 3 heteroatoms. The fraction of sp³-hybridized carbons (Fsp3) is 0.778. The molecule has 3 nitrogen and oxygen atoms in total. The Labute approximate surface area is 129 Å². The molecular formula is C18H30O3. The Kier molecular flexibility index (Phi) is 9.04. The second-order valence-corrected chi connectivity index (χ2v) is 6.02. The van der Waals surface area contributed by atoms with Crippen molar-refractivity contribution in [3.05, 3.63) is 11.6 Å². The molecule has 0 radical (unpaired) electrons. The average Bonchev–Trinajstić information content (AvgIpc) is 2.45. The third-order valence-electron chi connectivity index (χ3n) is 4.14. The molecule has 120 valence electrons. The van der Waals surface area contributed by atoms with Crippen molar-refractivity contribution in [1.82, 2.24) is 0 Å². The summed E-state index contributed by atoms with van der Waals surface area (Å²) < 4.78 is 5.07. The van der Waals surface area contributed by atoms with Crippen LogP contribution in [0.15, 0.2) is 11.6 Å². The zero-order valence-electron chi connectivity index (χ0n) is 13.7. The number of hydrogen-bond acceptors (Lipinski definition) is 3. The summed E-state index contributed by atoms with van der Waals surface area (Å²) in [7, 11) is 0. The van der Waals surface area contributed by atoms with E-state index in [1.807, 2.05) is 0 Å². The quantitative estimate of drug-likeness (QED) is 0.425. The molecule has 0 saturated heterocycles. The van der Waals surface area contributed by atoms with Crippen LogP contribution in [0, 0.1) is 5.92 Å². The molecule has 0 fully saturated rings. The SMILES string of the molecule is CCOC(=O)C1CCCCC/C(C)=C/CCCCCC1=O. The molecule has 0 amide bonds. The molecule has 0 N–H and O–H groups in total. The summed E-state index contributed by atoms with van der Waals surface area (Å²) in [4.78, 5) is 24.2. The second-order valence-electron chi connectivity index (χ2n) is 6.02. The van der Waals surface area contributed by atoms with Crippen LogP contribution < -0.4 is 0 Å². The van der Waals surface area contributed by atoms with Crippen LogP contribution in [-0.2, 0) is 14.3 Å². The molecule has 0 bridgehead atoms. The maximum atomic E-state index is 12.2. The van der Waals surface area contributed by atoms with E-state index in [1.54, 1.807) is 6.92 Å². The number of hydrogen-bond donors (Lipinski definition) is 0. The molecule has 0 spiro atoms. The van der Waals surface area contributed by atoms with Gasteiger partial charge in [-0.1, -0.05) is 30.9 Å². The van der Waals surface area contributed by atoms with Crippen molar-refractivity contribution < 1.29 is 14.3 Å². The Morgan fingerprint density at radius 2 is 1.86 bits per heavy atom. The number of allylic oxidation sites excluding steroid dienone is 2. The fourth-order valence-electron chi connectivity index (χ4n) is 2.83. The highest BCUT2D eigenvalue weighted by Gasteiger charge is 2.26. The number of rotatable bonds is 2. The number of carbonyl (C=O) groups excluding carboxylic acids is 2. The van der Waals surface area contributed by atoms with E-state index in [4.69, 9.17) is 4.74 Å². The van der Waals surface area contributed by atoms with Crippen molar-refractivity contribution >= 4 is 11.8 Å².